The van der Waals surface area contributed by atoms with Crippen molar-refractivity contribution in [1.29, 1.82) is 0 Å². The standard InChI is InChI=1S/C28H36N4O/c1-31-19-25(20-32-17-14-24(15-18-32)28(33)26-9-5-6-16-29-26)27(30-31)23-12-10-22(11-13-23)21-7-3-2-4-8-21/h5-6,9-13,16,19,21,24,28,33H,2-4,7-8,14-15,17-18,20H2,1H3/t28-/m0/s1. The van der Waals surface area contributed by atoms with E-state index >= 15 is 0 Å². The van der Waals surface area contributed by atoms with Crippen LogP contribution in [0, 0.1) is 5.92 Å². The van der Waals surface area contributed by atoms with Crippen LogP contribution in [0.5, 0.6) is 0 Å². The number of benzene rings is 1. The number of aliphatic hydroxyl groups is 1. The molecule has 3 heterocycles. The van der Waals surface area contributed by atoms with E-state index in [-0.39, 0.29) is 5.92 Å². The second kappa shape index (κ2) is 10.2. The average molecular weight is 445 g/mol. The smallest absolute Gasteiger partial charge is 0.0988 e. The lowest BCUT2D eigenvalue weighted by molar-refractivity contribution is 0.0540. The molecule has 5 heteroatoms. The van der Waals surface area contributed by atoms with Crippen molar-refractivity contribution in [1.82, 2.24) is 19.7 Å². The fourth-order valence-electron chi connectivity index (χ4n) is 5.71. The van der Waals surface area contributed by atoms with Gasteiger partial charge in [0, 0.05) is 37.1 Å². The predicted molar refractivity (Wildman–Crippen MR) is 132 cm³/mol. The lowest BCUT2D eigenvalue weighted by atomic mass is 9.84. The minimum absolute atomic E-state index is 0.275. The van der Waals surface area contributed by atoms with E-state index in [4.69, 9.17) is 5.10 Å². The molecule has 1 aliphatic carbocycles. The SMILES string of the molecule is Cn1cc(CN2CCC([C@H](O)c3ccccn3)CC2)c(-c2ccc(C3CCCCC3)cc2)n1. The van der Waals surface area contributed by atoms with Crippen LogP contribution in [0.4, 0.5) is 0 Å². The number of hydrogen-bond acceptors (Lipinski definition) is 4. The quantitative estimate of drug-likeness (QED) is 0.547. The Morgan fingerprint density at radius 2 is 1.73 bits per heavy atom. The van der Waals surface area contributed by atoms with E-state index in [0.717, 1.165) is 49.8 Å². The Labute approximate surface area is 197 Å². The summed E-state index contributed by atoms with van der Waals surface area (Å²) in [5.41, 5.74) is 5.88. The molecule has 2 fully saturated rings. The second-order valence-corrected chi connectivity index (χ2v) is 9.95. The zero-order valence-corrected chi connectivity index (χ0v) is 19.7. The van der Waals surface area contributed by atoms with Crippen LogP contribution >= 0.6 is 0 Å². The molecule has 5 nitrogen and oxygen atoms in total. The van der Waals surface area contributed by atoms with Gasteiger partial charge in [0.15, 0.2) is 0 Å². The van der Waals surface area contributed by atoms with Gasteiger partial charge in [0.25, 0.3) is 0 Å². The summed E-state index contributed by atoms with van der Waals surface area (Å²) in [6.07, 6.45) is 12.2. The molecule has 174 valence electrons. The van der Waals surface area contributed by atoms with E-state index in [2.05, 4.69) is 40.3 Å². The number of likely N-dealkylation sites (tertiary alicyclic amines) is 1. The molecule has 1 saturated carbocycles. The second-order valence-electron chi connectivity index (χ2n) is 9.95. The molecule has 3 aromatic rings. The summed E-state index contributed by atoms with van der Waals surface area (Å²) in [5, 5.41) is 15.6. The number of aromatic nitrogens is 3. The average Bonchev–Trinajstić information content (AvgIpc) is 3.25. The number of nitrogens with zero attached hydrogens (tertiary/aromatic N) is 4. The molecule has 2 aromatic heterocycles. The van der Waals surface area contributed by atoms with Crippen molar-refractivity contribution < 1.29 is 5.11 Å². The Bertz CT molecular complexity index is 1020. The van der Waals surface area contributed by atoms with Gasteiger partial charge in [0.1, 0.15) is 0 Å². The molecular formula is C28H36N4O. The first-order valence-electron chi connectivity index (χ1n) is 12.6. The van der Waals surface area contributed by atoms with Crippen LogP contribution in [0.3, 0.4) is 0 Å². The third-order valence-electron chi connectivity index (χ3n) is 7.63. The number of aryl methyl sites for hydroxylation is 1. The maximum absolute atomic E-state index is 10.7. The summed E-state index contributed by atoms with van der Waals surface area (Å²) in [4.78, 5) is 6.85. The highest BCUT2D eigenvalue weighted by Crippen LogP contribution is 2.34. The van der Waals surface area contributed by atoms with Gasteiger partial charge in [-0.3, -0.25) is 14.6 Å². The van der Waals surface area contributed by atoms with Gasteiger partial charge < -0.3 is 5.11 Å². The van der Waals surface area contributed by atoms with E-state index in [1.807, 2.05) is 29.9 Å². The third kappa shape index (κ3) is 5.20. The molecule has 0 spiro atoms. The van der Waals surface area contributed by atoms with Crippen LogP contribution in [-0.2, 0) is 13.6 Å². The number of rotatable bonds is 6. The molecule has 0 amide bonds. The molecule has 1 N–H and O–H groups in total. The van der Waals surface area contributed by atoms with Crippen molar-refractivity contribution in [3.05, 3.63) is 71.7 Å². The van der Waals surface area contributed by atoms with E-state index in [0.29, 0.717) is 0 Å². The van der Waals surface area contributed by atoms with E-state index in [1.165, 1.54) is 48.8 Å². The fraction of sp³-hybridized carbons (Fsp3) is 0.500. The highest BCUT2D eigenvalue weighted by atomic mass is 16.3. The van der Waals surface area contributed by atoms with Crippen molar-refractivity contribution in [2.24, 2.45) is 13.0 Å². The first-order chi connectivity index (χ1) is 16.2. The van der Waals surface area contributed by atoms with Gasteiger partial charge in [-0.25, -0.2) is 0 Å². The van der Waals surface area contributed by atoms with Gasteiger partial charge in [-0.2, -0.15) is 5.10 Å². The monoisotopic (exact) mass is 444 g/mol. The lowest BCUT2D eigenvalue weighted by Gasteiger charge is -2.34. The number of hydrogen-bond donors (Lipinski definition) is 1. The summed E-state index contributed by atoms with van der Waals surface area (Å²) in [6.45, 7) is 2.88. The molecule has 0 bridgehead atoms. The molecule has 1 saturated heterocycles. The number of aliphatic hydroxyl groups excluding tert-OH is 1. The summed E-state index contributed by atoms with van der Waals surface area (Å²) in [7, 11) is 2.01. The molecule has 5 rings (SSSR count). The van der Waals surface area contributed by atoms with Crippen molar-refractivity contribution >= 4 is 0 Å². The summed E-state index contributed by atoms with van der Waals surface area (Å²) in [6, 6.07) is 15.0. The van der Waals surface area contributed by atoms with Crippen LogP contribution in [0.2, 0.25) is 0 Å². The molecule has 1 atom stereocenters. The lowest BCUT2D eigenvalue weighted by Crippen LogP contribution is -2.35. The summed E-state index contributed by atoms with van der Waals surface area (Å²) < 4.78 is 1.94. The third-order valence-corrected chi connectivity index (χ3v) is 7.63. The van der Waals surface area contributed by atoms with Gasteiger partial charge in [-0.1, -0.05) is 49.6 Å². The normalized spacial score (nSPS) is 19.6. The minimum Gasteiger partial charge on any atom is -0.387 e. The molecule has 33 heavy (non-hydrogen) atoms. The zero-order chi connectivity index (χ0) is 22.6. The van der Waals surface area contributed by atoms with E-state index in [1.54, 1.807) is 6.20 Å². The Kier molecular flexibility index (Phi) is 6.88. The van der Waals surface area contributed by atoms with Gasteiger partial charge in [0.05, 0.1) is 17.5 Å². The van der Waals surface area contributed by atoms with Crippen LogP contribution in [-0.4, -0.2) is 37.9 Å². The van der Waals surface area contributed by atoms with Crippen LogP contribution in [0.15, 0.2) is 54.9 Å². The number of piperidine rings is 1. The first kappa shape index (κ1) is 22.3. The van der Waals surface area contributed by atoms with Crippen LogP contribution in [0.1, 0.15) is 73.8 Å². The number of pyridine rings is 1. The van der Waals surface area contributed by atoms with E-state index < -0.39 is 6.10 Å². The highest BCUT2D eigenvalue weighted by molar-refractivity contribution is 5.63. The predicted octanol–water partition coefficient (Wildman–Crippen LogP) is 5.48. The largest absolute Gasteiger partial charge is 0.387 e. The van der Waals surface area contributed by atoms with Crippen molar-refractivity contribution in [2.75, 3.05) is 13.1 Å². The molecule has 1 aromatic carbocycles. The van der Waals surface area contributed by atoms with Gasteiger partial charge in [-0.05, 0) is 68.3 Å². The van der Waals surface area contributed by atoms with E-state index in [9.17, 15) is 5.11 Å². The van der Waals surface area contributed by atoms with Gasteiger partial charge in [-0.15, -0.1) is 0 Å². The molecule has 1 aliphatic heterocycles. The molecule has 0 unspecified atom stereocenters. The van der Waals surface area contributed by atoms with Crippen LogP contribution < -0.4 is 0 Å². The Morgan fingerprint density at radius 3 is 2.42 bits per heavy atom. The molecule has 0 radical (unpaired) electrons. The maximum Gasteiger partial charge on any atom is 0.0988 e. The van der Waals surface area contributed by atoms with Gasteiger partial charge in [0.2, 0.25) is 0 Å². The van der Waals surface area contributed by atoms with Crippen LogP contribution in [0.25, 0.3) is 11.3 Å². The Balaban J connectivity index is 1.23. The van der Waals surface area contributed by atoms with Gasteiger partial charge >= 0.3 is 0 Å². The minimum atomic E-state index is -0.468. The molecular weight excluding hydrogens is 408 g/mol. The maximum atomic E-state index is 10.7. The Morgan fingerprint density at radius 1 is 0.970 bits per heavy atom. The van der Waals surface area contributed by atoms with Crippen molar-refractivity contribution in [2.45, 2.75) is 63.5 Å². The first-order valence-corrected chi connectivity index (χ1v) is 12.6. The van der Waals surface area contributed by atoms with Crippen molar-refractivity contribution in [3.8, 4) is 11.3 Å². The zero-order valence-electron chi connectivity index (χ0n) is 19.7. The molecule has 2 aliphatic rings. The van der Waals surface area contributed by atoms with Crippen molar-refractivity contribution in [3.63, 3.8) is 0 Å². The fourth-order valence-corrected chi connectivity index (χ4v) is 5.71. The topological polar surface area (TPSA) is 54.2 Å². The summed E-state index contributed by atoms with van der Waals surface area (Å²) in [5.74, 6) is 1.01. The highest BCUT2D eigenvalue weighted by Gasteiger charge is 2.27. The Hall–Kier alpha value is -2.50. The summed E-state index contributed by atoms with van der Waals surface area (Å²) >= 11 is 0.